The van der Waals surface area contributed by atoms with Gasteiger partial charge < -0.3 is 0 Å². The first-order valence-corrected chi connectivity index (χ1v) is 7.05. The van der Waals surface area contributed by atoms with E-state index in [1.54, 1.807) is 0 Å². The van der Waals surface area contributed by atoms with Gasteiger partial charge in [-0.2, -0.15) is 0 Å². The molecular formula is C17H26O. The van der Waals surface area contributed by atoms with Gasteiger partial charge in [0, 0.05) is 12.0 Å². The van der Waals surface area contributed by atoms with Gasteiger partial charge >= 0.3 is 0 Å². The van der Waals surface area contributed by atoms with Crippen LogP contribution in [0.2, 0.25) is 0 Å². The molecule has 0 spiro atoms. The maximum absolute atomic E-state index is 12.3. The number of hydrogen-bond donors (Lipinski definition) is 0. The van der Waals surface area contributed by atoms with Crippen molar-refractivity contribution in [2.24, 2.45) is 5.41 Å². The van der Waals surface area contributed by atoms with Crippen molar-refractivity contribution >= 4 is 5.78 Å². The second-order valence-electron chi connectivity index (χ2n) is 6.24. The number of unbranched alkanes of at least 4 members (excludes halogenated alkanes) is 1. The maximum Gasteiger partial charge on any atom is 0.163 e. The smallest absolute Gasteiger partial charge is 0.163 e. The molecule has 0 saturated heterocycles. The monoisotopic (exact) mass is 246 g/mol. The summed E-state index contributed by atoms with van der Waals surface area (Å²) in [6.45, 7) is 8.74. The summed E-state index contributed by atoms with van der Waals surface area (Å²) in [5.41, 5.74) is 2.39. The highest BCUT2D eigenvalue weighted by atomic mass is 16.1. The molecule has 0 radical (unpaired) electrons. The van der Waals surface area contributed by atoms with Crippen molar-refractivity contribution < 1.29 is 4.79 Å². The first-order chi connectivity index (χ1) is 8.44. The number of benzene rings is 1. The molecule has 0 atom stereocenters. The highest BCUT2D eigenvalue weighted by Crippen LogP contribution is 2.23. The predicted octanol–water partition coefficient (Wildman–Crippen LogP) is 5.04. The van der Waals surface area contributed by atoms with Crippen molar-refractivity contribution in [2.75, 3.05) is 0 Å². The van der Waals surface area contributed by atoms with Crippen molar-refractivity contribution in [3.63, 3.8) is 0 Å². The fourth-order valence-corrected chi connectivity index (χ4v) is 2.00. The van der Waals surface area contributed by atoms with E-state index in [2.05, 4.69) is 33.8 Å². The topological polar surface area (TPSA) is 17.1 Å². The van der Waals surface area contributed by atoms with Crippen LogP contribution in [0.5, 0.6) is 0 Å². The molecule has 1 rings (SSSR count). The summed E-state index contributed by atoms with van der Waals surface area (Å²) in [4.78, 5) is 12.3. The third-order valence-electron chi connectivity index (χ3n) is 3.22. The molecule has 0 amide bonds. The molecule has 1 aromatic carbocycles. The third-order valence-corrected chi connectivity index (χ3v) is 3.22. The Morgan fingerprint density at radius 1 is 1.17 bits per heavy atom. The minimum absolute atomic E-state index is 0.230. The molecule has 0 aromatic heterocycles. The summed E-state index contributed by atoms with van der Waals surface area (Å²) in [5.74, 6) is 0.302. The van der Waals surface area contributed by atoms with Crippen LogP contribution in [0.25, 0.3) is 0 Å². The lowest BCUT2D eigenvalue weighted by molar-refractivity contribution is 0.0965. The maximum atomic E-state index is 12.3. The van der Waals surface area contributed by atoms with E-state index in [0.29, 0.717) is 12.2 Å². The van der Waals surface area contributed by atoms with Crippen LogP contribution in [0.3, 0.4) is 0 Å². The number of carbonyl (C=O) groups excluding carboxylic acids is 1. The standard InChI is InChI=1S/C17H26O/c1-5-6-9-14-10-7-8-11-15(14)16(18)12-13-17(2,3)4/h7-8,10-11H,5-6,9,12-13H2,1-4H3. The van der Waals surface area contributed by atoms with E-state index in [0.717, 1.165) is 24.8 Å². The molecular weight excluding hydrogens is 220 g/mol. The molecule has 0 heterocycles. The van der Waals surface area contributed by atoms with Gasteiger partial charge in [-0.05, 0) is 30.2 Å². The Morgan fingerprint density at radius 2 is 1.83 bits per heavy atom. The van der Waals surface area contributed by atoms with Crippen LogP contribution < -0.4 is 0 Å². The predicted molar refractivity (Wildman–Crippen MR) is 78.1 cm³/mol. The van der Waals surface area contributed by atoms with Gasteiger partial charge in [0.2, 0.25) is 0 Å². The Bertz CT molecular complexity index is 385. The summed E-state index contributed by atoms with van der Waals surface area (Å²) in [7, 11) is 0. The Balaban J connectivity index is 2.72. The van der Waals surface area contributed by atoms with E-state index in [4.69, 9.17) is 0 Å². The molecule has 0 N–H and O–H groups in total. The number of Topliss-reactive ketones (excluding diaryl/α,β-unsaturated/α-hetero) is 1. The minimum atomic E-state index is 0.230. The van der Waals surface area contributed by atoms with Crippen molar-refractivity contribution in [3.05, 3.63) is 35.4 Å². The molecule has 1 nitrogen and oxygen atoms in total. The lowest BCUT2D eigenvalue weighted by atomic mass is 9.87. The highest BCUT2D eigenvalue weighted by molar-refractivity contribution is 5.97. The normalized spacial score (nSPS) is 11.6. The molecule has 0 bridgehead atoms. The Labute approximate surface area is 112 Å². The Morgan fingerprint density at radius 3 is 2.44 bits per heavy atom. The zero-order valence-corrected chi connectivity index (χ0v) is 12.3. The van der Waals surface area contributed by atoms with Crippen LogP contribution in [-0.2, 0) is 6.42 Å². The SMILES string of the molecule is CCCCc1ccccc1C(=O)CCC(C)(C)C. The van der Waals surface area contributed by atoms with Gasteiger partial charge in [0.1, 0.15) is 0 Å². The fourth-order valence-electron chi connectivity index (χ4n) is 2.00. The summed E-state index contributed by atoms with van der Waals surface area (Å²) >= 11 is 0. The minimum Gasteiger partial charge on any atom is -0.294 e. The second-order valence-corrected chi connectivity index (χ2v) is 6.24. The molecule has 0 aliphatic carbocycles. The highest BCUT2D eigenvalue weighted by Gasteiger charge is 2.15. The van der Waals surface area contributed by atoms with E-state index in [1.807, 2.05) is 18.2 Å². The number of ketones is 1. The van der Waals surface area contributed by atoms with Gasteiger partial charge in [-0.25, -0.2) is 0 Å². The molecule has 18 heavy (non-hydrogen) atoms. The van der Waals surface area contributed by atoms with E-state index >= 15 is 0 Å². The van der Waals surface area contributed by atoms with Crippen molar-refractivity contribution in [1.29, 1.82) is 0 Å². The van der Waals surface area contributed by atoms with Crippen LogP contribution in [0.15, 0.2) is 24.3 Å². The summed E-state index contributed by atoms with van der Waals surface area (Å²) < 4.78 is 0. The van der Waals surface area contributed by atoms with Crippen LogP contribution in [-0.4, -0.2) is 5.78 Å². The first-order valence-electron chi connectivity index (χ1n) is 7.05. The zero-order chi connectivity index (χ0) is 13.6. The Hall–Kier alpha value is -1.11. The number of hydrogen-bond acceptors (Lipinski definition) is 1. The summed E-state index contributed by atoms with van der Waals surface area (Å²) in [5, 5.41) is 0. The van der Waals surface area contributed by atoms with Gasteiger partial charge in [0.15, 0.2) is 5.78 Å². The summed E-state index contributed by atoms with van der Waals surface area (Å²) in [6, 6.07) is 8.08. The van der Waals surface area contributed by atoms with Gasteiger partial charge in [-0.15, -0.1) is 0 Å². The van der Waals surface area contributed by atoms with E-state index < -0.39 is 0 Å². The van der Waals surface area contributed by atoms with Gasteiger partial charge in [0.05, 0.1) is 0 Å². The lowest BCUT2D eigenvalue weighted by Gasteiger charge is -2.17. The molecule has 0 aliphatic heterocycles. The molecule has 1 aromatic rings. The number of carbonyl (C=O) groups is 1. The van der Waals surface area contributed by atoms with Gasteiger partial charge in [-0.3, -0.25) is 4.79 Å². The first kappa shape index (κ1) is 14.9. The molecule has 0 saturated carbocycles. The molecule has 0 aliphatic rings. The van der Waals surface area contributed by atoms with Gasteiger partial charge in [-0.1, -0.05) is 58.4 Å². The lowest BCUT2D eigenvalue weighted by Crippen LogP contribution is -2.10. The molecule has 0 fully saturated rings. The van der Waals surface area contributed by atoms with Crippen molar-refractivity contribution in [3.8, 4) is 0 Å². The second kappa shape index (κ2) is 6.72. The quantitative estimate of drug-likeness (QED) is 0.643. The van der Waals surface area contributed by atoms with Crippen LogP contribution in [0.1, 0.15) is 69.3 Å². The fraction of sp³-hybridized carbons (Fsp3) is 0.588. The van der Waals surface area contributed by atoms with Crippen molar-refractivity contribution in [1.82, 2.24) is 0 Å². The average molecular weight is 246 g/mol. The van der Waals surface area contributed by atoms with Crippen LogP contribution in [0.4, 0.5) is 0 Å². The average Bonchev–Trinajstić information content (AvgIpc) is 2.33. The van der Waals surface area contributed by atoms with E-state index in [1.165, 1.54) is 12.0 Å². The summed E-state index contributed by atoms with van der Waals surface area (Å²) in [6.07, 6.45) is 4.96. The molecule has 0 unspecified atom stereocenters. The number of aryl methyl sites for hydroxylation is 1. The molecule has 1 heteroatoms. The third kappa shape index (κ3) is 5.03. The van der Waals surface area contributed by atoms with Crippen LogP contribution >= 0.6 is 0 Å². The molecule has 100 valence electrons. The van der Waals surface area contributed by atoms with Crippen molar-refractivity contribution in [2.45, 2.75) is 59.8 Å². The van der Waals surface area contributed by atoms with E-state index in [9.17, 15) is 4.79 Å². The van der Waals surface area contributed by atoms with Gasteiger partial charge in [0.25, 0.3) is 0 Å². The van der Waals surface area contributed by atoms with E-state index in [-0.39, 0.29) is 5.41 Å². The number of rotatable bonds is 6. The largest absolute Gasteiger partial charge is 0.294 e. The zero-order valence-electron chi connectivity index (χ0n) is 12.3. The Kier molecular flexibility index (Phi) is 5.58. The van der Waals surface area contributed by atoms with Crippen LogP contribution in [0, 0.1) is 5.41 Å².